The van der Waals surface area contributed by atoms with Gasteiger partial charge in [0.1, 0.15) is 0 Å². The molecule has 160 valence electrons. The molecule has 0 aliphatic heterocycles. The number of benzene rings is 2. The Hall–Kier alpha value is -3.15. The molecule has 0 unspecified atom stereocenters. The molecule has 0 saturated heterocycles. The molecule has 0 spiro atoms. The van der Waals surface area contributed by atoms with E-state index in [1.54, 1.807) is 20.4 Å². The molecule has 0 N–H and O–H groups in total. The van der Waals surface area contributed by atoms with Gasteiger partial charge >= 0.3 is 0 Å². The molecule has 0 atom stereocenters. The number of aromatic nitrogens is 1. The van der Waals surface area contributed by atoms with Crippen molar-refractivity contribution in [1.82, 2.24) is 4.98 Å². The highest BCUT2D eigenvalue weighted by atomic mass is 16.5. The van der Waals surface area contributed by atoms with Crippen LogP contribution in [0.15, 0.2) is 36.5 Å². The summed E-state index contributed by atoms with van der Waals surface area (Å²) in [4.78, 5) is 4.66. The molecule has 0 amide bonds. The van der Waals surface area contributed by atoms with Crippen LogP contribution >= 0.6 is 0 Å². The van der Waals surface area contributed by atoms with E-state index in [2.05, 4.69) is 11.9 Å². The zero-order valence-electron chi connectivity index (χ0n) is 18.3. The fraction of sp³-hybridized carbons (Fsp3) is 0.375. The molecular formula is C24H29NO5. The minimum Gasteiger partial charge on any atom is -0.493 e. The number of fused-ring (bicyclic) bond motifs is 1. The van der Waals surface area contributed by atoms with Gasteiger partial charge in [0.05, 0.1) is 39.7 Å². The number of hydrogen-bond donors (Lipinski definition) is 0. The Balaban J connectivity index is 2.23. The molecule has 0 fully saturated rings. The molecule has 1 aromatic heterocycles. The lowest BCUT2D eigenvalue weighted by molar-refractivity contribution is 0.255. The van der Waals surface area contributed by atoms with Gasteiger partial charge in [0.2, 0.25) is 5.75 Å². The quantitative estimate of drug-likeness (QED) is 0.439. The molecule has 0 aliphatic carbocycles. The highest BCUT2D eigenvalue weighted by Gasteiger charge is 2.18. The van der Waals surface area contributed by atoms with Gasteiger partial charge < -0.3 is 23.7 Å². The van der Waals surface area contributed by atoms with Crippen molar-refractivity contribution in [3.8, 4) is 40.0 Å². The molecule has 0 aliphatic rings. The average Bonchev–Trinajstić information content (AvgIpc) is 2.77. The van der Waals surface area contributed by atoms with Crippen LogP contribution in [0.4, 0.5) is 0 Å². The Morgan fingerprint density at radius 3 is 2.07 bits per heavy atom. The van der Waals surface area contributed by atoms with Crippen LogP contribution in [0, 0.1) is 0 Å². The molecule has 0 bridgehead atoms. The molecule has 1 heterocycles. The van der Waals surface area contributed by atoms with Gasteiger partial charge in [-0.2, -0.15) is 0 Å². The summed E-state index contributed by atoms with van der Waals surface area (Å²) in [6.45, 7) is 7.58. The van der Waals surface area contributed by atoms with E-state index < -0.39 is 0 Å². The summed E-state index contributed by atoms with van der Waals surface area (Å²) in [5.74, 6) is 3.24. The average molecular weight is 411 g/mol. The Morgan fingerprint density at radius 2 is 1.43 bits per heavy atom. The summed E-state index contributed by atoms with van der Waals surface area (Å²) in [6.07, 6.45) is 2.68. The van der Waals surface area contributed by atoms with Crippen molar-refractivity contribution in [1.29, 1.82) is 0 Å². The fourth-order valence-electron chi connectivity index (χ4n) is 3.31. The van der Waals surface area contributed by atoms with E-state index in [0.717, 1.165) is 28.5 Å². The molecule has 0 radical (unpaired) electrons. The molecule has 3 rings (SSSR count). The Kier molecular flexibility index (Phi) is 7.22. The van der Waals surface area contributed by atoms with Crippen LogP contribution in [-0.2, 0) is 0 Å². The molecular weight excluding hydrogens is 382 g/mol. The molecule has 3 aromatic rings. The van der Waals surface area contributed by atoms with Crippen LogP contribution in [0.25, 0.3) is 22.0 Å². The second-order valence-corrected chi connectivity index (χ2v) is 6.60. The molecule has 6 nitrogen and oxygen atoms in total. The van der Waals surface area contributed by atoms with Gasteiger partial charge in [-0.05, 0) is 56.0 Å². The van der Waals surface area contributed by atoms with Crippen LogP contribution < -0.4 is 23.7 Å². The maximum Gasteiger partial charge on any atom is 0.203 e. The lowest BCUT2D eigenvalue weighted by atomic mass is 10.0. The topological polar surface area (TPSA) is 59.0 Å². The van der Waals surface area contributed by atoms with E-state index in [1.165, 1.54) is 0 Å². The van der Waals surface area contributed by atoms with Crippen LogP contribution in [0.5, 0.6) is 28.7 Å². The van der Waals surface area contributed by atoms with Gasteiger partial charge in [-0.3, -0.25) is 4.98 Å². The first-order valence-electron chi connectivity index (χ1n) is 10.2. The zero-order chi connectivity index (χ0) is 21.5. The molecule has 0 saturated carbocycles. The number of ether oxygens (including phenoxy) is 5. The van der Waals surface area contributed by atoms with Gasteiger partial charge in [0.25, 0.3) is 0 Å². The maximum absolute atomic E-state index is 6.00. The summed E-state index contributed by atoms with van der Waals surface area (Å²) in [5.41, 5.74) is 1.68. The number of nitrogens with zero attached hydrogens (tertiary/aromatic N) is 1. The first-order chi connectivity index (χ1) is 14.7. The lowest BCUT2D eigenvalue weighted by Gasteiger charge is -2.18. The Labute approximate surface area is 177 Å². The number of methoxy groups -OCH3 is 2. The van der Waals surface area contributed by atoms with Crippen molar-refractivity contribution in [2.75, 3.05) is 34.0 Å². The van der Waals surface area contributed by atoms with Gasteiger partial charge in [0, 0.05) is 17.1 Å². The summed E-state index contributed by atoms with van der Waals surface area (Å²) >= 11 is 0. The minimum atomic E-state index is 0.519. The third-order valence-corrected chi connectivity index (χ3v) is 4.61. The standard InChI is InChI=1S/C24H29NO5/c1-6-11-30-22-14-17(13-21(28-7-2)24(22)29-8-3)23-18-15-20(27-5)19(26-4)12-16(18)9-10-25-23/h9-10,12-15H,6-8,11H2,1-5H3. The van der Waals surface area contributed by atoms with Crippen LogP contribution in [-0.4, -0.2) is 39.0 Å². The van der Waals surface area contributed by atoms with Crippen molar-refractivity contribution in [2.24, 2.45) is 0 Å². The van der Waals surface area contributed by atoms with Gasteiger partial charge in [-0.1, -0.05) is 6.92 Å². The highest BCUT2D eigenvalue weighted by molar-refractivity contribution is 5.97. The lowest BCUT2D eigenvalue weighted by Crippen LogP contribution is -2.04. The second kappa shape index (κ2) is 10.1. The van der Waals surface area contributed by atoms with E-state index in [-0.39, 0.29) is 0 Å². The van der Waals surface area contributed by atoms with Crippen LogP contribution in [0.1, 0.15) is 27.2 Å². The van der Waals surface area contributed by atoms with Crippen molar-refractivity contribution in [2.45, 2.75) is 27.2 Å². The summed E-state index contributed by atoms with van der Waals surface area (Å²) in [7, 11) is 3.25. The zero-order valence-corrected chi connectivity index (χ0v) is 18.3. The van der Waals surface area contributed by atoms with Crippen molar-refractivity contribution < 1.29 is 23.7 Å². The number of hydrogen-bond acceptors (Lipinski definition) is 6. The molecule has 6 heteroatoms. The summed E-state index contributed by atoms with van der Waals surface area (Å²) in [6, 6.07) is 9.76. The smallest absolute Gasteiger partial charge is 0.203 e. The fourth-order valence-corrected chi connectivity index (χ4v) is 3.31. The van der Waals surface area contributed by atoms with E-state index >= 15 is 0 Å². The SMILES string of the molecule is CCCOc1cc(-c2nccc3cc(OC)c(OC)cc23)cc(OCC)c1OCC. The molecule has 2 aromatic carbocycles. The second-order valence-electron chi connectivity index (χ2n) is 6.60. The van der Waals surface area contributed by atoms with Crippen LogP contribution in [0.2, 0.25) is 0 Å². The van der Waals surface area contributed by atoms with Crippen molar-refractivity contribution >= 4 is 10.8 Å². The predicted molar refractivity (Wildman–Crippen MR) is 118 cm³/mol. The monoisotopic (exact) mass is 411 g/mol. The maximum atomic E-state index is 6.00. The first-order valence-corrected chi connectivity index (χ1v) is 10.2. The van der Waals surface area contributed by atoms with E-state index in [1.807, 2.05) is 44.2 Å². The summed E-state index contributed by atoms with van der Waals surface area (Å²) < 4.78 is 28.7. The number of rotatable bonds is 10. The Bertz CT molecular complexity index is 1000. The first kappa shape index (κ1) is 21.6. The van der Waals surface area contributed by atoms with Gasteiger partial charge in [-0.25, -0.2) is 0 Å². The number of pyridine rings is 1. The van der Waals surface area contributed by atoms with Crippen LogP contribution in [0.3, 0.4) is 0 Å². The van der Waals surface area contributed by atoms with E-state index in [9.17, 15) is 0 Å². The van der Waals surface area contributed by atoms with Gasteiger partial charge in [-0.15, -0.1) is 0 Å². The predicted octanol–water partition coefficient (Wildman–Crippen LogP) is 5.51. The van der Waals surface area contributed by atoms with Gasteiger partial charge in [0.15, 0.2) is 23.0 Å². The highest BCUT2D eigenvalue weighted by Crippen LogP contribution is 2.43. The minimum absolute atomic E-state index is 0.519. The van der Waals surface area contributed by atoms with Crippen molar-refractivity contribution in [3.63, 3.8) is 0 Å². The third kappa shape index (κ3) is 4.37. The summed E-state index contributed by atoms with van der Waals surface area (Å²) in [5, 5.41) is 1.95. The van der Waals surface area contributed by atoms with E-state index in [0.29, 0.717) is 48.6 Å². The van der Waals surface area contributed by atoms with E-state index in [4.69, 9.17) is 23.7 Å². The largest absolute Gasteiger partial charge is 0.493 e. The van der Waals surface area contributed by atoms with Crippen molar-refractivity contribution in [3.05, 3.63) is 36.5 Å². The Morgan fingerprint density at radius 1 is 0.767 bits per heavy atom. The third-order valence-electron chi connectivity index (χ3n) is 4.61. The molecule has 30 heavy (non-hydrogen) atoms. The normalized spacial score (nSPS) is 10.7.